The quantitative estimate of drug-likeness (QED) is 0.695. The second kappa shape index (κ2) is 9.07. The van der Waals surface area contributed by atoms with Crippen molar-refractivity contribution in [2.24, 2.45) is 0 Å². The Hall–Kier alpha value is -2.18. The molecule has 0 spiro atoms. The van der Waals surface area contributed by atoms with E-state index in [1.54, 1.807) is 13.1 Å². The predicted octanol–water partition coefficient (Wildman–Crippen LogP) is 2.13. The molecule has 2 aromatic rings. The molecule has 124 valence electrons. The van der Waals surface area contributed by atoms with E-state index in [2.05, 4.69) is 15.3 Å². The van der Waals surface area contributed by atoms with E-state index < -0.39 is 6.10 Å². The average molecular weight is 317 g/mol. The number of benzene rings is 1. The highest BCUT2D eigenvalue weighted by atomic mass is 16.5. The molecule has 6 heteroatoms. The van der Waals surface area contributed by atoms with Crippen molar-refractivity contribution in [2.45, 2.75) is 26.5 Å². The van der Waals surface area contributed by atoms with Crippen molar-refractivity contribution in [3.05, 3.63) is 42.4 Å². The Kier molecular flexibility index (Phi) is 6.77. The highest BCUT2D eigenvalue weighted by Gasteiger charge is 2.13. The van der Waals surface area contributed by atoms with Crippen LogP contribution in [0, 0.1) is 0 Å². The van der Waals surface area contributed by atoms with Gasteiger partial charge in [-0.05, 0) is 19.4 Å². The van der Waals surface area contributed by atoms with Crippen LogP contribution < -0.4 is 5.32 Å². The molecule has 1 atom stereocenters. The van der Waals surface area contributed by atoms with Crippen molar-refractivity contribution >= 4 is 5.91 Å². The van der Waals surface area contributed by atoms with Gasteiger partial charge in [-0.2, -0.15) is 0 Å². The molecule has 1 amide bonds. The molecule has 0 aliphatic carbocycles. The zero-order chi connectivity index (χ0) is 16.5. The van der Waals surface area contributed by atoms with Crippen LogP contribution >= 0.6 is 0 Å². The minimum absolute atomic E-state index is 0.167. The highest BCUT2D eigenvalue weighted by Crippen LogP contribution is 2.15. The molecule has 0 aliphatic rings. The minimum Gasteiger partial charge on any atom is -0.379 e. The number of aromatic amines is 1. The molecule has 1 aromatic heterocycles. The van der Waals surface area contributed by atoms with Gasteiger partial charge in [0.2, 0.25) is 5.91 Å². The van der Waals surface area contributed by atoms with Crippen LogP contribution in [-0.4, -0.2) is 41.8 Å². The molecule has 1 heterocycles. The molecule has 0 unspecified atom stereocenters. The Morgan fingerprint density at radius 1 is 1.30 bits per heavy atom. The van der Waals surface area contributed by atoms with Gasteiger partial charge in [-0.15, -0.1) is 0 Å². The van der Waals surface area contributed by atoms with Crippen molar-refractivity contribution < 1.29 is 14.3 Å². The molecule has 0 aliphatic heterocycles. The summed E-state index contributed by atoms with van der Waals surface area (Å²) in [4.78, 5) is 19.4. The number of rotatable bonds is 9. The lowest BCUT2D eigenvalue weighted by Gasteiger charge is -2.12. The summed E-state index contributed by atoms with van der Waals surface area (Å²) in [5.74, 6) is 0.540. The number of aromatic nitrogens is 2. The largest absolute Gasteiger partial charge is 0.379 e. The van der Waals surface area contributed by atoms with Gasteiger partial charge >= 0.3 is 0 Å². The smallest absolute Gasteiger partial charge is 0.249 e. The Morgan fingerprint density at radius 3 is 2.83 bits per heavy atom. The summed E-state index contributed by atoms with van der Waals surface area (Å²) in [6.45, 7) is 5.52. The van der Waals surface area contributed by atoms with Crippen LogP contribution in [0.25, 0.3) is 11.3 Å². The molecule has 0 saturated heterocycles. The lowest BCUT2D eigenvalue weighted by Crippen LogP contribution is -2.35. The summed E-state index contributed by atoms with van der Waals surface area (Å²) in [5.41, 5.74) is 1.99. The Labute approximate surface area is 136 Å². The van der Waals surface area contributed by atoms with Crippen LogP contribution in [0.1, 0.15) is 19.7 Å². The molecule has 0 radical (unpaired) electrons. The molecule has 2 rings (SSSR count). The first-order chi connectivity index (χ1) is 11.2. The van der Waals surface area contributed by atoms with Gasteiger partial charge in [0.15, 0.2) is 0 Å². The van der Waals surface area contributed by atoms with Gasteiger partial charge in [0.25, 0.3) is 0 Å². The third-order valence-corrected chi connectivity index (χ3v) is 3.31. The fourth-order valence-electron chi connectivity index (χ4n) is 2.04. The van der Waals surface area contributed by atoms with Gasteiger partial charge in [-0.3, -0.25) is 4.79 Å². The first kappa shape index (κ1) is 17.2. The molecule has 0 bridgehead atoms. The van der Waals surface area contributed by atoms with E-state index in [-0.39, 0.29) is 5.91 Å². The fourth-order valence-corrected chi connectivity index (χ4v) is 2.04. The first-order valence-electron chi connectivity index (χ1n) is 7.77. The van der Waals surface area contributed by atoms with Crippen molar-refractivity contribution in [2.75, 3.05) is 19.8 Å². The van der Waals surface area contributed by atoms with E-state index >= 15 is 0 Å². The van der Waals surface area contributed by atoms with Gasteiger partial charge in [-0.1, -0.05) is 30.3 Å². The molecular weight excluding hydrogens is 294 g/mol. The number of nitrogens with one attached hydrogen (secondary N) is 2. The zero-order valence-corrected chi connectivity index (χ0v) is 13.5. The van der Waals surface area contributed by atoms with E-state index in [0.717, 1.165) is 11.3 Å². The number of hydrogen-bond acceptors (Lipinski definition) is 4. The maximum Gasteiger partial charge on any atom is 0.249 e. The molecule has 2 N–H and O–H groups in total. The van der Waals surface area contributed by atoms with Gasteiger partial charge in [0.05, 0.1) is 31.6 Å². The van der Waals surface area contributed by atoms with Crippen LogP contribution in [0.2, 0.25) is 0 Å². The summed E-state index contributed by atoms with van der Waals surface area (Å²) in [6, 6.07) is 9.92. The maximum atomic E-state index is 11.9. The van der Waals surface area contributed by atoms with Crippen LogP contribution in [0.15, 0.2) is 36.5 Å². The number of nitrogens with zero attached hydrogens (tertiary/aromatic N) is 1. The van der Waals surface area contributed by atoms with Crippen molar-refractivity contribution in [1.29, 1.82) is 0 Å². The normalized spacial score (nSPS) is 12.1. The third kappa shape index (κ3) is 5.50. The number of hydrogen-bond donors (Lipinski definition) is 2. The molecule has 6 nitrogen and oxygen atoms in total. The summed E-state index contributed by atoms with van der Waals surface area (Å²) >= 11 is 0. The van der Waals surface area contributed by atoms with Crippen LogP contribution in [0.4, 0.5) is 0 Å². The molecule has 0 saturated carbocycles. The van der Waals surface area contributed by atoms with Gasteiger partial charge in [0, 0.05) is 6.61 Å². The number of H-pyrrole nitrogens is 1. The number of carbonyl (C=O) groups is 1. The monoisotopic (exact) mass is 317 g/mol. The Bertz CT molecular complexity index is 598. The van der Waals surface area contributed by atoms with Crippen LogP contribution in [0.3, 0.4) is 0 Å². The lowest BCUT2D eigenvalue weighted by atomic mass is 10.2. The summed E-state index contributed by atoms with van der Waals surface area (Å²) in [6.07, 6.45) is 1.25. The molecule has 1 aromatic carbocycles. The highest BCUT2D eigenvalue weighted by molar-refractivity contribution is 5.80. The zero-order valence-electron chi connectivity index (χ0n) is 13.5. The van der Waals surface area contributed by atoms with E-state index in [4.69, 9.17) is 9.47 Å². The maximum absolute atomic E-state index is 11.9. The van der Waals surface area contributed by atoms with Gasteiger partial charge in [-0.25, -0.2) is 4.98 Å². The fraction of sp³-hybridized carbons (Fsp3) is 0.412. The lowest BCUT2D eigenvalue weighted by molar-refractivity contribution is -0.132. The van der Waals surface area contributed by atoms with Crippen LogP contribution in [0.5, 0.6) is 0 Å². The predicted molar refractivity (Wildman–Crippen MR) is 87.8 cm³/mol. The number of ether oxygens (including phenoxy) is 2. The number of amides is 1. The summed E-state index contributed by atoms with van der Waals surface area (Å²) in [5, 5.41) is 2.81. The third-order valence-electron chi connectivity index (χ3n) is 3.31. The Balaban J connectivity index is 1.77. The Morgan fingerprint density at radius 2 is 2.09 bits per heavy atom. The van der Waals surface area contributed by atoms with Crippen LogP contribution in [-0.2, 0) is 20.8 Å². The molecular formula is C17H23N3O3. The van der Waals surface area contributed by atoms with E-state index in [1.807, 2.05) is 37.3 Å². The van der Waals surface area contributed by atoms with Gasteiger partial charge in [0.1, 0.15) is 11.9 Å². The number of imidazole rings is 1. The molecule has 0 fully saturated rings. The minimum atomic E-state index is -0.515. The second-order valence-corrected chi connectivity index (χ2v) is 5.04. The SMILES string of the molecule is CCOCCO[C@@H](C)C(=O)NCc1ncc(-c2ccccc2)[nH]1. The molecule has 23 heavy (non-hydrogen) atoms. The topological polar surface area (TPSA) is 76.2 Å². The first-order valence-corrected chi connectivity index (χ1v) is 7.77. The van der Waals surface area contributed by atoms with Gasteiger partial charge < -0.3 is 19.8 Å². The summed E-state index contributed by atoms with van der Waals surface area (Å²) < 4.78 is 10.6. The summed E-state index contributed by atoms with van der Waals surface area (Å²) in [7, 11) is 0. The van der Waals surface area contributed by atoms with E-state index in [9.17, 15) is 4.79 Å². The van der Waals surface area contributed by atoms with E-state index in [0.29, 0.717) is 32.2 Å². The van der Waals surface area contributed by atoms with Crippen molar-refractivity contribution in [3.63, 3.8) is 0 Å². The second-order valence-electron chi connectivity index (χ2n) is 5.04. The van der Waals surface area contributed by atoms with Crippen molar-refractivity contribution in [1.82, 2.24) is 15.3 Å². The average Bonchev–Trinajstić information content (AvgIpc) is 3.06. The number of carbonyl (C=O) groups excluding carboxylic acids is 1. The van der Waals surface area contributed by atoms with E-state index in [1.165, 1.54) is 0 Å². The standard InChI is InChI=1S/C17H23N3O3/c1-3-22-9-10-23-13(2)17(21)19-12-16-18-11-15(20-16)14-7-5-4-6-8-14/h4-8,11,13H,3,9-10,12H2,1-2H3,(H,18,20)(H,19,21)/t13-/m0/s1. The van der Waals surface area contributed by atoms with Crippen molar-refractivity contribution in [3.8, 4) is 11.3 Å².